The molecule has 0 amide bonds. The lowest BCUT2D eigenvalue weighted by Gasteiger charge is -2.26. The zero-order valence-electron chi connectivity index (χ0n) is 13.7. The van der Waals surface area contributed by atoms with E-state index in [2.05, 4.69) is 10.3 Å². The van der Waals surface area contributed by atoms with Gasteiger partial charge in [-0.15, -0.1) is 0 Å². The average molecular weight is 314 g/mol. The SMILES string of the molecule is COc1ccc(-c2cnc(N(C)C)nc2[C@@H]2CNCCO2)cc1. The average Bonchev–Trinajstić information content (AvgIpc) is 2.62. The molecule has 1 N–H and O–H groups in total. The number of morpholine rings is 1. The standard InChI is InChI=1S/C17H22N4O2/c1-21(2)17-19-10-14(12-4-6-13(22-3)7-5-12)16(20-17)15-11-18-8-9-23-15/h4-7,10,15,18H,8-9,11H2,1-3H3/t15-/m0/s1. The summed E-state index contributed by atoms with van der Waals surface area (Å²) < 4.78 is 11.1. The van der Waals surface area contributed by atoms with E-state index in [0.29, 0.717) is 12.6 Å². The van der Waals surface area contributed by atoms with Gasteiger partial charge in [-0.2, -0.15) is 0 Å². The van der Waals surface area contributed by atoms with Gasteiger partial charge in [-0.05, 0) is 17.7 Å². The number of nitrogens with zero attached hydrogens (tertiary/aromatic N) is 3. The van der Waals surface area contributed by atoms with Crippen LogP contribution in [0.1, 0.15) is 11.8 Å². The van der Waals surface area contributed by atoms with Crippen LogP contribution in [0.2, 0.25) is 0 Å². The summed E-state index contributed by atoms with van der Waals surface area (Å²) in [6, 6.07) is 7.93. The molecule has 0 unspecified atom stereocenters. The van der Waals surface area contributed by atoms with Crippen molar-refractivity contribution in [2.45, 2.75) is 6.10 Å². The fourth-order valence-corrected chi connectivity index (χ4v) is 2.58. The van der Waals surface area contributed by atoms with E-state index in [4.69, 9.17) is 14.5 Å². The van der Waals surface area contributed by atoms with E-state index in [1.165, 1.54) is 0 Å². The summed E-state index contributed by atoms with van der Waals surface area (Å²) in [6.07, 6.45) is 1.81. The highest BCUT2D eigenvalue weighted by Crippen LogP contribution is 2.31. The van der Waals surface area contributed by atoms with Gasteiger partial charge in [0, 0.05) is 38.9 Å². The molecule has 1 aromatic heterocycles. The lowest BCUT2D eigenvalue weighted by Crippen LogP contribution is -2.34. The van der Waals surface area contributed by atoms with Gasteiger partial charge >= 0.3 is 0 Å². The highest BCUT2D eigenvalue weighted by atomic mass is 16.5. The van der Waals surface area contributed by atoms with Gasteiger partial charge in [-0.1, -0.05) is 12.1 Å². The highest BCUT2D eigenvalue weighted by molar-refractivity contribution is 5.67. The van der Waals surface area contributed by atoms with Crippen molar-refractivity contribution in [3.63, 3.8) is 0 Å². The lowest BCUT2D eigenvalue weighted by atomic mass is 10.0. The molecular formula is C17H22N4O2. The van der Waals surface area contributed by atoms with Crippen LogP contribution in [0.15, 0.2) is 30.5 Å². The van der Waals surface area contributed by atoms with Crippen molar-refractivity contribution in [1.82, 2.24) is 15.3 Å². The van der Waals surface area contributed by atoms with Crippen LogP contribution in [-0.2, 0) is 4.74 Å². The van der Waals surface area contributed by atoms with Gasteiger partial charge in [0.25, 0.3) is 0 Å². The van der Waals surface area contributed by atoms with Crippen molar-refractivity contribution in [2.24, 2.45) is 0 Å². The molecule has 2 aromatic rings. The van der Waals surface area contributed by atoms with Crippen molar-refractivity contribution < 1.29 is 9.47 Å². The summed E-state index contributed by atoms with van der Waals surface area (Å²) in [5, 5.41) is 3.36. The molecule has 0 aliphatic carbocycles. The molecule has 3 rings (SSSR count). The van der Waals surface area contributed by atoms with Gasteiger partial charge in [0.15, 0.2) is 0 Å². The fourth-order valence-electron chi connectivity index (χ4n) is 2.58. The van der Waals surface area contributed by atoms with Crippen LogP contribution in [0.25, 0.3) is 11.1 Å². The minimum atomic E-state index is -0.0671. The summed E-state index contributed by atoms with van der Waals surface area (Å²) in [4.78, 5) is 11.1. The normalized spacial score (nSPS) is 17.8. The van der Waals surface area contributed by atoms with Gasteiger partial charge in [-0.3, -0.25) is 0 Å². The quantitative estimate of drug-likeness (QED) is 0.930. The Hall–Kier alpha value is -2.18. The summed E-state index contributed by atoms with van der Waals surface area (Å²) in [5.74, 6) is 1.52. The molecule has 0 spiro atoms. The molecular weight excluding hydrogens is 292 g/mol. The molecule has 122 valence electrons. The van der Waals surface area contributed by atoms with Crippen molar-refractivity contribution in [3.05, 3.63) is 36.2 Å². The molecule has 1 aromatic carbocycles. The summed E-state index contributed by atoms with van der Waals surface area (Å²) >= 11 is 0. The number of aromatic nitrogens is 2. The molecule has 0 radical (unpaired) electrons. The smallest absolute Gasteiger partial charge is 0.225 e. The van der Waals surface area contributed by atoms with E-state index in [1.54, 1.807) is 7.11 Å². The van der Waals surface area contributed by atoms with Crippen LogP contribution in [0.3, 0.4) is 0 Å². The molecule has 2 heterocycles. The minimum absolute atomic E-state index is 0.0671. The first kappa shape index (κ1) is 15.7. The Morgan fingerprint density at radius 1 is 1.26 bits per heavy atom. The molecule has 1 aliphatic rings. The van der Waals surface area contributed by atoms with E-state index < -0.39 is 0 Å². The molecule has 6 nitrogen and oxygen atoms in total. The molecule has 1 atom stereocenters. The predicted molar refractivity (Wildman–Crippen MR) is 89.9 cm³/mol. The minimum Gasteiger partial charge on any atom is -0.497 e. The van der Waals surface area contributed by atoms with E-state index >= 15 is 0 Å². The summed E-state index contributed by atoms with van der Waals surface area (Å²) in [5.41, 5.74) is 2.97. The van der Waals surface area contributed by atoms with E-state index in [9.17, 15) is 0 Å². The van der Waals surface area contributed by atoms with Crippen LogP contribution in [0.4, 0.5) is 5.95 Å². The van der Waals surface area contributed by atoms with E-state index in [1.807, 2.05) is 49.5 Å². The number of methoxy groups -OCH3 is 1. The first-order valence-corrected chi connectivity index (χ1v) is 7.70. The van der Waals surface area contributed by atoms with Gasteiger partial charge in [0.1, 0.15) is 11.9 Å². The van der Waals surface area contributed by atoms with E-state index in [0.717, 1.165) is 35.7 Å². The summed E-state index contributed by atoms with van der Waals surface area (Å²) in [7, 11) is 5.54. The van der Waals surface area contributed by atoms with Crippen molar-refractivity contribution in [1.29, 1.82) is 0 Å². The maximum absolute atomic E-state index is 5.91. The second kappa shape index (κ2) is 6.93. The number of nitrogens with one attached hydrogen (secondary N) is 1. The molecule has 1 fully saturated rings. The number of hydrogen-bond acceptors (Lipinski definition) is 6. The second-order valence-electron chi connectivity index (χ2n) is 5.66. The molecule has 1 aliphatic heterocycles. The number of ether oxygens (including phenoxy) is 2. The van der Waals surface area contributed by atoms with Gasteiger partial charge in [0.2, 0.25) is 5.95 Å². The number of hydrogen-bond donors (Lipinski definition) is 1. The highest BCUT2D eigenvalue weighted by Gasteiger charge is 2.22. The third-order valence-corrected chi connectivity index (χ3v) is 3.84. The number of anilines is 1. The van der Waals surface area contributed by atoms with Crippen LogP contribution in [0, 0.1) is 0 Å². The Bertz CT molecular complexity index is 652. The Morgan fingerprint density at radius 2 is 2.04 bits per heavy atom. The van der Waals surface area contributed by atoms with Crippen molar-refractivity contribution >= 4 is 5.95 Å². The Labute approximate surface area is 136 Å². The van der Waals surface area contributed by atoms with Crippen LogP contribution in [0.5, 0.6) is 5.75 Å². The first-order chi connectivity index (χ1) is 11.2. The molecule has 23 heavy (non-hydrogen) atoms. The van der Waals surface area contributed by atoms with E-state index in [-0.39, 0.29) is 6.10 Å². The second-order valence-corrected chi connectivity index (χ2v) is 5.66. The zero-order chi connectivity index (χ0) is 16.2. The Balaban J connectivity index is 2.03. The monoisotopic (exact) mass is 314 g/mol. The first-order valence-electron chi connectivity index (χ1n) is 7.70. The van der Waals surface area contributed by atoms with Gasteiger partial charge in [-0.25, -0.2) is 9.97 Å². The number of rotatable bonds is 4. The third kappa shape index (κ3) is 3.43. The van der Waals surface area contributed by atoms with Crippen LogP contribution < -0.4 is 15.0 Å². The fraction of sp³-hybridized carbons (Fsp3) is 0.412. The summed E-state index contributed by atoms with van der Waals surface area (Å²) in [6.45, 7) is 2.32. The maximum Gasteiger partial charge on any atom is 0.225 e. The Kier molecular flexibility index (Phi) is 4.73. The molecule has 0 bridgehead atoms. The van der Waals surface area contributed by atoms with Crippen molar-refractivity contribution in [3.8, 4) is 16.9 Å². The molecule has 1 saturated heterocycles. The lowest BCUT2D eigenvalue weighted by molar-refractivity contribution is 0.0254. The third-order valence-electron chi connectivity index (χ3n) is 3.84. The zero-order valence-corrected chi connectivity index (χ0v) is 13.7. The van der Waals surface area contributed by atoms with Crippen LogP contribution in [-0.4, -0.2) is 50.9 Å². The van der Waals surface area contributed by atoms with Gasteiger partial charge < -0.3 is 19.7 Å². The largest absolute Gasteiger partial charge is 0.497 e. The van der Waals surface area contributed by atoms with Crippen LogP contribution >= 0.6 is 0 Å². The van der Waals surface area contributed by atoms with Gasteiger partial charge in [0.05, 0.1) is 19.4 Å². The molecule has 0 saturated carbocycles. The maximum atomic E-state index is 5.91. The Morgan fingerprint density at radius 3 is 2.65 bits per heavy atom. The number of benzene rings is 1. The predicted octanol–water partition coefficient (Wildman–Crippen LogP) is 1.88. The topological polar surface area (TPSA) is 59.5 Å². The molecule has 6 heteroatoms. The van der Waals surface area contributed by atoms with Crippen molar-refractivity contribution in [2.75, 3.05) is 45.8 Å².